The van der Waals surface area contributed by atoms with E-state index in [0.717, 1.165) is 11.3 Å². The summed E-state index contributed by atoms with van der Waals surface area (Å²) in [4.78, 5) is 1.98. The molecular formula is C15H25N3O4S. The molecule has 1 aromatic carbocycles. The maximum absolute atomic E-state index is 12.4. The van der Waals surface area contributed by atoms with Gasteiger partial charge in [-0.2, -0.15) is 12.7 Å². The van der Waals surface area contributed by atoms with Gasteiger partial charge in [0.25, 0.3) is 10.2 Å². The zero-order chi connectivity index (χ0) is 16.9. The molecule has 0 bridgehead atoms. The third-order valence-electron chi connectivity index (χ3n) is 3.87. The first kappa shape index (κ1) is 18.2. The van der Waals surface area contributed by atoms with E-state index in [9.17, 15) is 8.42 Å². The number of hydrogen-bond donors (Lipinski definition) is 1. The summed E-state index contributed by atoms with van der Waals surface area (Å²) in [6, 6.07) is 7.58. The first-order valence-electron chi connectivity index (χ1n) is 7.57. The van der Waals surface area contributed by atoms with Gasteiger partial charge in [-0.15, -0.1) is 0 Å². The minimum atomic E-state index is -3.49. The molecule has 1 unspecified atom stereocenters. The van der Waals surface area contributed by atoms with Crippen LogP contribution in [-0.2, 0) is 14.9 Å². The predicted octanol–water partition coefficient (Wildman–Crippen LogP) is 0.465. The second-order valence-corrected chi connectivity index (χ2v) is 7.38. The molecule has 2 rings (SSSR count). The van der Waals surface area contributed by atoms with E-state index in [1.165, 1.54) is 4.31 Å². The largest absolute Gasteiger partial charge is 0.497 e. The van der Waals surface area contributed by atoms with Gasteiger partial charge in [0.1, 0.15) is 5.75 Å². The van der Waals surface area contributed by atoms with Crippen molar-refractivity contribution in [2.45, 2.75) is 6.04 Å². The molecule has 0 spiro atoms. The summed E-state index contributed by atoms with van der Waals surface area (Å²) in [6.07, 6.45) is 0. The van der Waals surface area contributed by atoms with E-state index in [1.807, 2.05) is 43.3 Å². The van der Waals surface area contributed by atoms with Crippen LogP contribution in [0.3, 0.4) is 0 Å². The van der Waals surface area contributed by atoms with E-state index in [0.29, 0.717) is 32.8 Å². The number of nitrogens with one attached hydrogen (secondary N) is 1. The molecule has 8 heteroatoms. The SMILES string of the molecule is COc1cccc(C(CNS(=O)(=O)N2CCOCC2)N(C)C)c1. The lowest BCUT2D eigenvalue weighted by molar-refractivity contribution is 0.0724. The monoisotopic (exact) mass is 343 g/mol. The number of nitrogens with zero attached hydrogens (tertiary/aromatic N) is 2. The van der Waals surface area contributed by atoms with Crippen molar-refractivity contribution in [1.29, 1.82) is 0 Å². The fraction of sp³-hybridized carbons (Fsp3) is 0.600. The molecule has 1 aliphatic rings. The van der Waals surface area contributed by atoms with Gasteiger partial charge in [-0.25, -0.2) is 4.72 Å². The quantitative estimate of drug-likeness (QED) is 0.779. The standard InChI is InChI=1S/C15H25N3O4S/c1-17(2)15(13-5-4-6-14(11-13)21-3)12-16-23(19,20)18-7-9-22-10-8-18/h4-6,11,15-16H,7-10,12H2,1-3H3. The smallest absolute Gasteiger partial charge is 0.279 e. The topological polar surface area (TPSA) is 71.1 Å². The highest BCUT2D eigenvalue weighted by molar-refractivity contribution is 7.87. The molecule has 1 saturated heterocycles. The average molecular weight is 343 g/mol. The van der Waals surface area contributed by atoms with Gasteiger partial charge in [-0.05, 0) is 31.8 Å². The van der Waals surface area contributed by atoms with Gasteiger partial charge in [0, 0.05) is 25.7 Å². The molecule has 1 aromatic rings. The maximum Gasteiger partial charge on any atom is 0.279 e. The van der Waals surface area contributed by atoms with Crippen molar-refractivity contribution in [3.8, 4) is 5.75 Å². The van der Waals surface area contributed by atoms with Crippen LogP contribution in [0.1, 0.15) is 11.6 Å². The summed E-state index contributed by atoms with van der Waals surface area (Å²) in [5.41, 5.74) is 0.999. The molecule has 1 aliphatic heterocycles. The maximum atomic E-state index is 12.4. The first-order valence-corrected chi connectivity index (χ1v) is 9.01. The second-order valence-electron chi connectivity index (χ2n) is 5.62. The van der Waals surface area contributed by atoms with E-state index in [2.05, 4.69) is 4.72 Å². The van der Waals surface area contributed by atoms with Crippen LogP contribution in [0.25, 0.3) is 0 Å². The lowest BCUT2D eigenvalue weighted by Crippen LogP contribution is -2.48. The Labute approximate surface area is 138 Å². The number of methoxy groups -OCH3 is 1. The summed E-state index contributed by atoms with van der Waals surface area (Å²) in [5, 5.41) is 0. The highest BCUT2D eigenvalue weighted by Gasteiger charge is 2.25. The molecule has 1 heterocycles. The number of morpholine rings is 1. The van der Waals surface area contributed by atoms with E-state index < -0.39 is 10.2 Å². The molecule has 1 atom stereocenters. The van der Waals surface area contributed by atoms with Crippen molar-refractivity contribution in [1.82, 2.24) is 13.9 Å². The van der Waals surface area contributed by atoms with E-state index in [4.69, 9.17) is 9.47 Å². The van der Waals surface area contributed by atoms with Crippen molar-refractivity contribution < 1.29 is 17.9 Å². The van der Waals surface area contributed by atoms with Gasteiger partial charge in [0.05, 0.1) is 20.3 Å². The van der Waals surface area contributed by atoms with Crippen LogP contribution in [0.15, 0.2) is 24.3 Å². The van der Waals surface area contributed by atoms with Gasteiger partial charge >= 0.3 is 0 Å². The summed E-state index contributed by atoms with van der Waals surface area (Å²) >= 11 is 0. The summed E-state index contributed by atoms with van der Waals surface area (Å²) in [6.45, 7) is 1.95. The Hall–Kier alpha value is -1.19. The van der Waals surface area contributed by atoms with E-state index >= 15 is 0 Å². The third kappa shape index (κ3) is 4.89. The minimum Gasteiger partial charge on any atom is -0.497 e. The van der Waals surface area contributed by atoms with Crippen LogP contribution in [0.5, 0.6) is 5.75 Å². The van der Waals surface area contributed by atoms with Gasteiger partial charge in [0.2, 0.25) is 0 Å². The number of benzene rings is 1. The van der Waals surface area contributed by atoms with Crippen molar-refractivity contribution >= 4 is 10.2 Å². The Bertz CT molecular complexity index is 600. The molecule has 0 saturated carbocycles. The molecule has 7 nitrogen and oxygen atoms in total. The van der Waals surface area contributed by atoms with Gasteiger partial charge < -0.3 is 14.4 Å². The van der Waals surface area contributed by atoms with Crippen molar-refractivity contribution in [3.63, 3.8) is 0 Å². The Morgan fingerprint density at radius 1 is 1.35 bits per heavy atom. The third-order valence-corrected chi connectivity index (χ3v) is 5.45. The van der Waals surface area contributed by atoms with Crippen LogP contribution >= 0.6 is 0 Å². The molecule has 0 amide bonds. The molecule has 23 heavy (non-hydrogen) atoms. The van der Waals surface area contributed by atoms with Crippen LogP contribution in [0.2, 0.25) is 0 Å². The van der Waals surface area contributed by atoms with Gasteiger partial charge in [-0.3, -0.25) is 0 Å². The summed E-state index contributed by atoms with van der Waals surface area (Å²) in [5.74, 6) is 0.755. The number of likely N-dealkylation sites (N-methyl/N-ethyl adjacent to an activating group) is 1. The molecule has 130 valence electrons. The Morgan fingerprint density at radius 3 is 2.65 bits per heavy atom. The predicted molar refractivity (Wildman–Crippen MR) is 88.7 cm³/mol. The normalized spacial score (nSPS) is 18.1. The Kier molecular flexibility index (Phi) is 6.37. The van der Waals surface area contributed by atoms with Crippen LogP contribution in [0.4, 0.5) is 0 Å². The zero-order valence-electron chi connectivity index (χ0n) is 13.9. The molecule has 0 aromatic heterocycles. The molecule has 0 radical (unpaired) electrons. The lowest BCUT2D eigenvalue weighted by atomic mass is 10.1. The molecule has 1 N–H and O–H groups in total. The highest BCUT2D eigenvalue weighted by atomic mass is 32.2. The van der Waals surface area contributed by atoms with Crippen LogP contribution in [-0.4, -0.2) is 71.7 Å². The lowest BCUT2D eigenvalue weighted by Gasteiger charge is -2.29. The molecule has 0 aliphatic carbocycles. The van der Waals surface area contributed by atoms with Crippen molar-refractivity contribution in [3.05, 3.63) is 29.8 Å². The van der Waals surface area contributed by atoms with E-state index in [1.54, 1.807) is 7.11 Å². The molecular weight excluding hydrogens is 318 g/mol. The number of ether oxygens (including phenoxy) is 2. The second kappa shape index (κ2) is 8.07. The average Bonchev–Trinajstić information content (AvgIpc) is 2.55. The number of rotatable bonds is 7. The van der Waals surface area contributed by atoms with E-state index in [-0.39, 0.29) is 6.04 Å². The Morgan fingerprint density at radius 2 is 2.04 bits per heavy atom. The van der Waals surface area contributed by atoms with Crippen LogP contribution in [0, 0.1) is 0 Å². The molecule has 1 fully saturated rings. The van der Waals surface area contributed by atoms with Crippen molar-refractivity contribution in [2.24, 2.45) is 0 Å². The van der Waals surface area contributed by atoms with Gasteiger partial charge in [-0.1, -0.05) is 12.1 Å². The fourth-order valence-electron chi connectivity index (χ4n) is 2.51. The Balaban J connectivity index is 2.07. The zero-order valence-corrected chi connectivity index (χ0v) is 14.7. The summed E-state index contributed by atoms with van der Waals surface area (Å²) in [7, 11) is 1.97. The van der Waals surface area contributed by atoms with Crippen molar-refractivity contribution in [2.75, 3.05) is 54.1 Å². The first-order chi connectivity index (χ1) is 10.9. The fourth-order valence-corrected chi connectivity index (χ4v) is 3.69. The number of hydrogen-bond acceptors (Lipinski definition) is 5. The summed E-state index contributed by atoms with van der Waals surface area (Å²) < 4.78 is 39.3. The highest BCUT2D eigenvalue weighted by Crippen LogP contribution is 2.22. The van der Waals surface area contributed by atoms with Crippen LogP contribution < -0.4 is 9.46 Å². The minimum absolute atomic E-state index is 0.0825. The van der Waals surface area contributed by atoms with Gasteiger partial charge in [0.15, 0.2) is 0 Å².